The van der Waals surface area contributed by atoms with Crippen LogP contribution in [0.3, 0.4) is 0 Å². The molecule has 1 aliphatic heterocycles. The predicted octanol–water partition coefficient (Wildman–Crippen LogP) is 1.99. The van der Waals surface area contributed by atoms with Crippen LogP contribution in [0.1, 0.15) is 11.7 Å². The van der Waals surface area contributed by atoms with Crippen LogP contribution >= 0.6 is 0 Å². The predicted molar refractivity (Wildman–Crippen MR) is 45.9 cm³/mol. The topological polar surface area (TPSA) is 38.8 Å². The molecule has 2 unspecified atom stereocenters. The fraction of sp³-hybridized carbons (Fsp3) is 0.300. The van der Waals surface area contributed by atoms with Crippen molar-refractivity contribution in [2.45, 2.75) is 12.2 Å². The number of ether oxygens (including phenoxy) is 2. The molecular formula is C10H5F5O3. The summed E-state index contributed by atoms with van der Waals surface area (Å²) in [6.07, 6.45) is -2.88. The molecule has 1 fully saturated rings. The van der Waals surface area contributed by atoms with Gasteiger partial charge in [0, 0.05) is 0 Å². The van der Waals surface area contributed by atoms with Crippen LogP contribution in [0.5, 0.6) is 0 Å². The lowest BCUT2D eigenvalue weighted by molar-refractivity contribution is -0.142. The highest BCUT2D eigenvalue weighted by Gasteiger charge is 2.51. The van der Waals surface area contributed by atoms with E-state index >= 15 is 0 Å². The minimum absolute atomic E-state index is 0.955. The Morgan fingerprint density at radius 2 is 1.44 bits per heavy atom. The number of esters is 1. The Morgan fingerprint density at radius 3 is 1.89 bits per heavy atom. The molecule has 0 radical (unpaired) electrons. The van der Waals surface area contributed by atoms with Gasteiger partial charge in [-0.3, -0.25) is 0 Å². The van der Waals surface area contributed by atoms with E-state index in [1.54, 1.807) is 0 Å². The van der Waals surface area contributed by atoms with Gasteiger partial charge < -0.3 is 9.47 Å². The highest BCUT2D eigenvalue weighted by Crippen LogP contribution is 2.43. The molecule has 0 aliphatic carbocycles. The first-order valence-corrected chi connectivity index (χ1v) is 4.64. The molecule has 0 aromatic heterocycles. The van der Waals surface area contributed by atoms with Crippen LogP contribution in [-0.2, 0) is 14.3 Å². The molecule has 1 aromatic carbocycles. The van der Waals surface area contributed by atoms with E-state index in [0.717, 1.165) is 7.11 Å². The van der Waals surface area contributed by atoms with Crippen LogP contribution in [0.4, 0.5) is 22.0 Å². The summed E-state index contributed by atoms with van der Waals surface area (Å²) in [6.45, 7) is 0. The first kappa shape index (κ1) is 12.7. The van der Waals surface area contributed by atoms with Crippen LogP contribution in [0, 0.1) is 29.1 Å². The molecule has 0 spiro atoms. The number of benzene rings is 1. The van der Waals surface area contributed by atoms with E-state index in [4.69, 9.17) is 0 Å². The molecule has 1 saturated heterocycles. The Morgan fingerprint density at radius 1 is 1.00 bits per heavy atom. The van der Waals surface area contributed by atoms with Crippen LogP contribution in [0.25, 0.3) is 0 Å². The third-order valence-corrected chi connectivity index (χ3v) is 2.45. The number of hydrogen-bond donors (Lipinski definition) is 0. The fourth-order valence-electron chi connectivity index (χ4n) is 1.50. The normalized spacial score (nSPS) is 21.9. The Bertz CT molecular complexity index is 502. The molecule has 18 heavy (non-hydrogen) atoms. The van der Waals surface area contributed by atoms with E-state index in [0.29, 0.717) is 0 Å². The maximum absolute atomic E-state index is 13.3. The van der Waals surface area contributed by atoms with Gasteiger partial charge in [0.2, 0.25) is 5.82 Å². The second-order valence-electron chi connectivity index (χ2n) is 3.48. The molecule has 0 bridgehead atoms. The maximum atomic E-state index is 13.3. The van der Waals surface area contributed by atoms with Crippen molar-refractivity contribution in [3.05, 3.63) is 34.6 Å². The third-order valence-electron chi connectivity index (χ3n) is 2.45. The molecule has 2 atom stereocenters. The zero-order valence-corrected chi connectivity index (χ0v) is 8.77. The van der Waals surface area contributed by atoms with Gasteiger partial charge in [0.15, 0.2) is 29.4 Å². The van der Waals surface area contributed by atoms with Crippen LogP contribution in [0.2, 0.25) is 0 Å². The molecule has 1 heterocycles. The minimum Gasteiger partial charge on any atom is -0.467 e. The molecule has 3 nitrogen and oxygen atoms in total. The van der Waals surface area contributed by atoms with E-state index < -0.39 is 52.8 Å². The zero-order valence-electron chi connectivity index (χ0n) is 8.77. The Hall–Kier alpha value is -1.70. The number of epoxide rings is 1. The van der Waals surface area contributed by atoms with Crippen molar-refractivity contribution in [1.82, 2.24) is 0 Å². The average Bonchev–Trinajstić information content (AvgIpc) is 3.13. The summed E-state index contributed by atoms with van der Waals surface area (Å²) < 4.78 is 73.8. The number of carbonyl (C=O) groups excluding carboxylic acids is 1. The monoisotopic (exact) mass is 268 g/mol. The average molecular weight is 268 g/mol. The van der Waals surface area contributed by atoms with Crippen molar-refractivity contribution < 1.29 is 36.2 Å². The first-order chi connectivity index (χ1) is 8.40. The largest absolute Gasteiger partial charge is 0.467 e. The molecular weight excluding hydrogens is 263 g/mol. The number of methoxy groups -OCH3 is 1. The molecule has 0 amide bonds. The van der Waals surface area contributed by atoms with E-state index in [9.17, 15) is 26.7 Å². The summed E-state index contributed by atoms with van der Waals surface area (Å²) >= 11 is 0. The highest BCUT2D eigenvalue weighted by molar-refractivity contribution is 5.78. The lowest BCUT2D eigenvalue weighted by atomic mass is 10.1. The molecule has 0 N–H and O–H groups in total. The van der Waals surface area contributed by atoms with Crippen molar-refractivity contribution in [3.8, 4) is 0 Å². The Balaban J connectivity index is 2.45. The summed E-state index contributed by atoms with van der Waals surface area (Å²) in [4.78, 5) is 11.0. The molecule has 1 aromatic rings. The molecule has 8 heteroatoms. The number of hydrogen-bond acceptors (Lipinski definition) is 3. The van der Waals surface area contributed by atoms with E-state index in [-0.39, 0.29) is 0 Å². The van der Waals surface area contributed by atoms with Crippen molar-refractivity contribution in [2.24, 2.45) is 0 Å². The van der Waals surface area contributed by atoms with Gasteiger partial charge in [0.1, 0.15) is 6.10 Å². The highest BCUT2D eigenvalue weighted by atomic mass is 19.2. The lowest BCUT2D eigenvalue weighted by Gasteiger charge is -2.05. The summed E-state index contributed by atoms with van der Waals surface area (Å²) in [5.41, 5.74) is -1.16. The van der Waals surface area contributed by atoms with Gasteiger partial charge in [-0.1, -0.05) is 0 Å². The third kappa shape index (κ3) is 1.72. The number of carbonyl (C=O) groups is 1. The van der Waals surface area contributed by atoms with Gasteiger partial charge >= 0.3 is 5.97 Å². The van der Waals surface area contributed by atoms with E-state index in [1.807, 2.05) is 0 Å². The van der Waals surface area contributed by atoms with Crippen molar-refractivity contribution in [1.29, 1.82) is 0 Å². The minimum atomic E-state index is -2.26. The number of rotatable bonds is 2. The van der Waals surface area contributed by atoms with Gasteiger partial charge in [-0.05, 0) is 0 Å². The Labute approximate surface area is 97.1 Å². The van der Waals surface area contributed by atoms with E-state index in [1.165, 1.54) is 0 Å². The SMILES string of the molecule is COC(=O)C1OC1c1c(F)c(F)c(F)c(F)c1F. The van der Waals surface area contributed by atoms with E-state index in [2.05, 4.69) is 9.47 Å². The van der Waals surface area contributed by atoms with Gasteiger partial charge in [-0.25, -0.2) is 26.7 Å². The Kier molecular flexibility index (Phi) is 2.97. The molecule has 98 valence electrons. The first-order valence-electron chi connectivity index (χ1n) is 4.64. The smallest absolute Gasteiger partial charge is 0.338 e. The maximum Gasteiger partial charge on any atom is 0.338 e. The lowest BCUT2D eigenvalue weighted by Crippen LogP contribution is -2.12. The summed E-state index contributed by atoms with van der Waals surface area (Å²) in [5, 5.41) is 0. The van der Waals surface area contributed by atoms with Gasteiger partial charge in [-0.15, -0.1) is 0 Å². The van der Waals surface area contributed by atoms with Crippen LogP contribution in [-0.4, -0.2) is 19.2 Å². The second kappa shape index (κ2) is 4.20. The van der Waals surface area contributed by atoms with Crippen molar-refractivity contribution in [3.63, 3.8) is 0 Å². The molecule has 0 saturated carbocycles. The van der Waals surface area contributed by atoms with Crippen LogP contribution < -0.4 is 0 Å². The summed E-state index contributed by atoms with van der Waals surface area (Å²) in [5.74, 6) is -11.4. The standard InChI is InChI=1S/C10H5F5O3/c1-17-10(16)9-8(18-9)2-3(11)5(13)7(15)6(14)4(2)12/h8-9H,1H3. The molecule has 1 aliphatic rings. The zero-order chi connectivity index (χ0) is 13.6. The second-order valence-corrected chi connectivity index (χ2v) is 3.48. The number of halogens is 5. The van der Waals surface area contributed by atoms with Gasteiger partial charge in [-0.2, -0.15) is 0 Å². The summed E-state index contributed by atoms with van der Waals surface area (Å²) in [6, 6.07) is 0. The van der Waals surface area contributed by atoms with Gasteiger partial charge in [0.05, 0.1) is 12.7 Å². The van der Waals surface area contributed by atoms with Crippen molar-refractivity contribution >= 4 is 5.97 Å². The molecule has 2 rings (SSSR count). The van der Waals surface area contributed by atoms with Crippen LogP contribution in [0.15, 0.2) is 0 Å². The quantitative estimate of drug-likeness (QED) is 0.271. The van der Waals surface area contributed by atoms with Crippen molar-refractivity contribution in [2.75, 3.05) is 7.11 Å². The van der Waals surface area contributed by atoms with Gasteiger partial charge in [0.25, 0.3) is 0 Å². The summed E-state index contributed by atoms with van der Waals surface area (Å²) in [7, 11) is 1.000. The fourth-order valence-corrected chi connectivity index (χ4v) is 1.50.